The van der Waals surface area contributed by atoms with Gasteiger partial charge in [-0.3, -0.25) is 0 Å². The normalized spacial score (nSPS) is 12.8. The Balaban J connectivity index is 2.07. The molecule has 0 fully saturated rings. The minimum atomic E-state index is -0.272. The number of pyridine rings is 1. The van der Waals surface area contributed by atoms with Crippen LogP contribution in [0.3, 0.4) is 0 Å². The van der Waals surface area contributed by atoms with Crippen molar-refractivity contribution in [2.75, 3.05) is 0 Å². The zero-order chi connectivity index (χ0) is 12.5. The summed E-state index contributed by atoms with van der Waals surface area (Å²) in [5.41, 5.74) is 7.27. The van der Waals surface area contributed by atoms with Crippen LogP contribution < -0.4 is 5.73 Å². The van der Waals surface area contributed by atoms with E-state index in [2.05, 4.69) is 15.1 Å². The molecule has 0 amide bonds. The second-order valence-corrected chi connectivity index (χ2v) is 4.13. The van der Waals surface area contributed by atoms with E-state index < -0.39 is 0 Å². The van der Waals surface area contributed by atoms with Gasteiger partial charge in [-0.1, -0.05) is 29.4 Å². The summed E-state index contributed by atoms with van der Waals surface area (Å²) < 4.78 is 5.07. The number of aromatic nitrogens is 3. The molecule has 3 aromatic rings. The molecule has 0 spiro atoms. The lowest BCUT2D eigenvalue weighted by atomic mass is 10.2. The summed E-state index contributed by atoms with van der Waals surface area (Å²) in [7, 11) is 0. The predicted octanol–water partition coefficient (Wildman–Crippen LogP) is 2.30. The van der Waals surface area contributed by atoms with E-state index in [-0.39, 0.29) is 6.04 Å². The smallest absolute Gasteiger partial charge is 0.243 e. The minimum absolute atomic E-state index is 0.272. The highest BCUT2D eigenvalue weighted by Gasteiger charge is 2.12. The molecule has 2 heterocycles. The molecule has 2 N–H and O–H groups in total. The van der Waals surface area contributed by atoms with E-state index >= 15 is 0 Å². The Bertz CT molecular complexity index is 690. The van der Waals surface area contributed by atoms with E-state index in [4.69, 9.17) is 10.3 Å². The average Bonchev–Trinajstić information content (AvgIpc) is 2.88. The Labute approximate surface area is 104 Å². The minimum Gasteiger partial charge on any atom is -0.337 e. The van der Waals surface area contributed by atoms with Crippen molar-refractivity contribution in [3.05, 3.63) is 42.3 Å². The van der Waals surface area contributed by atoms with Crippen LogP contribution in [0.2, 0.25) is 0 Å². The van der Waals surface area contributed by atoms with Crippen molar-refractivity contribution in [2.24, 2.45) is 5.73 Å². The van der Waals surface area contributed by atoms with Crippen LogP contribution >= 0.6 is 0 Å². The third kappa shape index (κ3) is 1.84. The summed E-state index contributed by atoms with van der Waals surface area (Å²) in [4.78, 5) is 8.71. The van der Waals surface area contributed by atoms with Crippen molar-refractivity contribution < 1.29 is 4.52 Å². The van der Waals surface area contributed by atoms with Crippen LogP contribution in [0.4, 0.5) is 0 Å². The lowest BCUT2D eigenvalue weighted by molar-refractivity contribution is 0.362. The van der Waals surface area contributed by atoms with Crippen LogP contribution in [-0.4, -0.2) is 15.1 Å². The van der Waals surface area contributed by atoms with Crippen molar-refractivity contribution in [1.29, 1.82) is 0 Å². The van der Waals surface area contributed by atoms with Crippen LogP contribution in [0.1, 0.15) is 18.9 Å². The van der Waals surface area contributed by atoms with E-state index in [1.807, 2.05) is 36.4 Å². The van der Waals surface area contributed by atoms with Gasteiger partial charge in [-0.05, 0) is 19.1 Å². The van der Waals surface area contributed by atoms with Gasteiger partial charge in [0.15, 0.2) is 0 Å². The zero-order valence-electron chi connectivity index (χ0n) is 9.87. The SMILES string of the molecule is C[C@@H](N)c1nc(-c2ccc3ccccc3n2)no1. The molecule has 0 aliphatic rings. The number of hydrogen-bond donors (Lipinski definition) is 1. The molecule has 90 valence electrons. The monoisotopic (exact) mass is 240 g/mol. The first kappa shape index (κ1) is 10.9. The zero-order valence-corrected chi connectivity index (χ0v) is 9.87. The predicted molar refractivity (Wildman–Crippen MR) is 67.6 cm³/mol. The molecule has 0 unspecified atom stereocenters. The number of para-hydroxylation sites is 1. The van der Waals surface area contributed by atoms with Crippen LogP contribution in [0.5, 0.6) is 0 Å². The number of hydrogen-bond acceptors (Lipinski definition) is 5. The molecule has 0 saturated carbocycles. The highest BCUT2D eigenvalue weighted by molar-refractivity contribution is 5.80. The van der Waals surface area contributed by atoms with Gasteiger partial charge in [0.25, 0.3) is 0 Å². The fourth-order valence-corrected chi connectivity index (χ4v) is 1.71. The molecule has 0 saturated heterocycles. The second-order valence-electron chi connectivity index (χ2n) is 4.13. The van der Waals surface area contributed by atoms with E-state index in [0.717, 1.165) is 10.9 Å². The van der Waals surface area contributed by atoms with Crippen LogP contribution in [0.25, 0.3) is 22.4 Å². The lowest BCUT2D eigenvalue weighted by Gasteiger charge is -1.98. The van der Waals surface area contributed by atoms with E-state index in [9.17, 15) is 0 Å². The van der Waals surface area contributed by atoms with Crippen molar-refractivity contribution in [3.63, 3.8) is 0 Å². The molecule has 0 radical (unpaired) electrons. The molecular weight excluding hydrogens is 228 g/mol. The molecule has 1 aromatic carbocycles. The molecule has 5 nitrogen and oxygen atoms in total. The van der Waals surface area contributed by atoms with Gasteiger partial charge in [0, 0.05) is 5.39 Å². The first-order chi connectivity index (χ1) is 8.74. The summed E-state index contributed by atoms with van der Waals surface area (Å²) >= 11 is 0. The van der Waals surface area contributed by atoms with Crippen molar-refractivity contribution in [3.8, 4) is 11.5 Å². The number of rotatable bonds is 2. The fourth-order valence-electron chi connectivity index (χ4n) is 1.71. The van der Waals surface area contributed by atoms with Gasteiger partial charge in [0.05, 0.1) is 11.6 Å². The molecular formula is C13H12N4O. The topological polar surface area (TPSA) is 77.8 Å². The first-order valence-electron chi connectivity index (χ1n) is 5.69. The maximum Gasteiger partial charge on any atom is 0.243 e. The lowest BCUT2D eigenvalue weighted by Crippen LogP contribution is -2.04. The van der Waals surface area contributed by atoms with Crippen LogP contribution in [0, 0.1) is 0 Å². The summed E-state index contributed by atoms with van der Waals surface area (Å²) in [5.74, 6) is 0.882. The third-order valence-corrected chi connectivity index (χ3v) is 2.66. The number of fused-ring (bicyclic) bond motifs is 1. The second kappa shape index (κ2) is 4.19. The van der Waals surface area contributed by atoms with Crippen molar-refractivity contribution in [1.82, 2.24) is 15.1 Å². The van der Waals surface area contributed by atoms with E-state index in [0.29, 0.717) is 17.4 Å². The number of nitrogens with two attached hydrogens (primary N) is 1. The van der Waals surface area contributed by atoms with Gasteiger partial charge in [-0.15, -0.1) is 0 Å². The van der Waals surface area contributed by atoms with Gasteiger partial charge in [0.2, 0.25) is 11.7 Å². The quantitative estimate of drug-likeness (QED) is 0.743. The average molecular weight is 240 g/mol. The summed E-state index contributed by atoms with van der Waals surface area (Å²) in [6.07, 6.45) is 0. The Morgan fingerprint density at radius 3 is 2.72 bits per heavy atom. The Hall–Kier alpha value is -2.27. The standard InChI is InChI=1S/C13H12N4O/c1-8(14)13-16-12(17-18-13)11-7-6-9-4-2-3-5-10(9)15-11/h2-8H,14H2,1H3/t8-/m1/s1. The van der Waals surface area contributed by atoms with Gasteiger partial charge < -0.3 is 10.3 Å². The first-order valence-corrected chi connectivity index (χ1v) is 5.69. The third-order valence-electron chi connectivity index (χ3n) is 2.66. The van der Waals surface area contributed by atoms with Gasteiger partial charge in [-0.2, -0.15) is 4.98 Å². The molecule has 18 heavy (non-hydrogen) atoms. The van der Waals surface area contributed by atoms with Crippen molar-refractivity contribution >= 4 is 10.9 Å². The Morgan fingerprint density at radius 2 is 1.94 bits per heavy atom. The van der Waals surface area contributed by atoms with Gasteiger partial charge in [0.1, 0.15) is 5.69 Å². The maximum atomic E-state index is 5.68. The highest BCUT2D eigenvalue weighted by Crippen LogP contribution is 2.19. The van der Waals surface area contributed by atoms with Gasteiger partial charge >= 0.3 is 0 Å². The molecule has 5 heteroatoms. The fraction of sp³-hybridized carbons (Fsp3) is 0.154. The Morgan fingerprint density at radius 1 is 1.11 bits per heavy atom. The van der Waals surface area contributed by atoms with Crippen molar-refractivity contribution in [2.45, 2.75) is 13.0 Å². The van der Waals surface area contributed by atoms with Gasteiger partial charge in [-0.25, -0.2) is 4.98 Å². The summed E-state index contributed by atoms with van der Waals surface area (Å²) in [5, 5.41) is 4.97. The van der Waals surface area contributed by atoms with E-state index in [1.165, 1.54) is 0 Å². The molecule has 0 bridgehead atoms. The molecule has 1 atom stereocenters. The van der Waals surface area contributed by atoms with Crippen LogP contribution in [0.15, 0.2) is 40.9 Å². The summed E-state index contributed by atoms with van der Waals surface area (Å²) in [6, 6.07) is 11.5. The molecule has 2 aromatic heterocycles. The maximum absolute atomic E-state index is 5.68. The molecule has 0 aliphatic carbocycles. The van der Waals surface area contributed by atoms with E-state index in [1.54, 1.807) is 6.92 Å². The largest absolute Gasteiger partial charge is 0.337 e. The van der Waals surface area contributed by atoms with Crippen LogP contribution in [-0.2, 0) is 0 Å². The number of benzene rings is 1. The number of nitrogens with zero attached hydrogens (tertiary/aromatic N) is 3. The highest BCUT2D eigenvalue weighted by atomic mass is 16.5. The molecule has 3 rings (SSSR count). The molecule has 0 aliphatic heterocycles. The Kier molecular flexibility index (Phi) is 2.53. The summed E-state index contributed by atoms with van der Waals surface area (Å²) in [6.45, 7) is 1.80.